The molecule has 0 spiro atoms. The van der Waals surface area contributed by atoms with E-state index in [2.05, 4.69) is 53.5 Å². The molecule has 0 bridgehead atoms. The second-order valence-electron chi connectivity index (χ2n) is 10.3. The van der Waals surface area contributed by atoms with Crippen LogP contribution in [0.4, 0.5) is 0 Å². The summed E-state index contributed by atoms with van der Waals surface area (Å²) in [6.07, 6.45) is 2.03. The van der Waals surface area contributed by atoms with E-state index < -0.39 is 5.41 Å². The first-order valence-electron chi connectivity index (χ1n) is 12.9. The summed E-state index contributed by atoms with van der Waals surface area (Å²) in [6.45, 7) is 8.77. The zero-order valence-electron chi connectivity index (χ0n) is 22.1. The molecule has 6 heteroatoms. The Hall–Kier alpha value is -3.90. The zero-order chi connectivity index (χ0) is 26.6. The molecular weight excluding hydrogens is 478 g/mol. The summed E-state index contributed by atoms with van der Waals surface area (Å²) in [5, 5.41) is 0. The summed E-state index contributed by atoms with van der Waals surface area (Å²) in [7, 11) is 0. The Kier molecular flexibility index (Phi) is 7.34. The Balaban J connectivity index is 1.49. The number of hydrogen-bond acceptors (Lipinski definition) is 6. The molecule has 0 fully saturated rings. The van der Waals surface area contributed by atoms with Gasteiger partial charge in [-0.15, -0.1) is 0 Å². The number of ether oxygens (including phenoxy) is 4. The summed E-state index contributed by atoms with van der Waals surface area (Å²) in [5.74, 6) is 1.53. The molecule has 38 heavy (non-hydrogen) atoms. The standard InChI is InChI=1S/C32H33NO5/c1-31(2,3)38-19-18-37-26-14-10-24(11-15-26)32(23-8-12-25(13-9-23)36-17-16-35-22-34)29-7-5-4-6-27(29)28-20-33-21-30(28)32/h4-15,21-22H,16-20H2,1-3H3. The van der Waals surface area contributed by atoms with Crippen molar-refractivity contribution in [1.29, 1.82) is 0 Å². The van der Waals surface area contributed by atoms with Crippen molar-refractivity contribution in [2.24, 2.45) is 4.99 Å². The molecule has 0 amide bonds. The van der Waals surface area contributed by atoms with Crippen molar-refractivity contribution in [3.05, 3.63) is 101 Å². The van der Waals surface area contributed by atoms with Crippen LogP contribution in [-0.4, -0.2) is 51.3 Å². The highest BCUT2D eigenvalue weighted by atomic mass is 16.5. The van der Waals surface area contributed by atoms with Gasteiger partial charge in [0.05, 0.1) is 24.2 Å². The summed E-state index contributed by atoms with van der Waals surface area (Å²) in [5.41, 5.74) is 6.56. The van der Waals surface area contributed by atoms with Crippen molar-refractivity contribution >= 4 is 18.3 Å². The number of aliphatic imine (C=N–C) groups is 1. The molecule has 0 saturated carbocycles. The van der Waals surface area contributed by atoms with Gasteiger partial charge in [-0.05, 0) is 78.4 Å². The first kappa shape index (κ1) is 25.7. The second kappa shape index (κ2) is 10.8. The lowest BCUT2D eigenvalue weighted by molar-refractivity contribution is -0.129. The number of hydrogen-bond donors (Lipinski definition) is 0. The molecule has 3 aromatic carbocycles. The van der Waals surface area contributed by atoms with Gasteiger partial charge >= 0.3 is 0 Å². The fourth-order valence-corrected chi connectivity index (χ4v) is 5.32. The van der Waals surface area contributed by atoms with Crippen LogP contribution < -0.4 is 9.47 Å². The average molecular weight is 512 g/mol. The summed E-state index contributed by atoms with van der Waals surface area (Å²) in [6, 6.07) is 25.1. The summed E-state index contributed by atoms with van der Waals surface area (Å²) < 4.78 is 22.2. The second-order valence-corrected chi connectivity index (χ2v) is 10.3. The molecule has 1 aliphatic carbocycles. The van der Waals surface area contributed by atoms with Gasteiger partial charge in [-0.2, -0.15) is 0 Å². The van der Waals surface area contributed by atoms with Gasteiger partial charge in [0.15, 0.2) is 0 Å². The topological polar surface area (TPSA) is 66.3 Å². The fraction of sp³-hybridized carbons (Fsp3) is 0.312. The van der Waals surface area contributed by atoms with E-state index in [0.29, 0.717) is 32.8 Å². The summed E-state index contributed by atoms with van der Waals surface area (Å²) >= 11 is 0. The van der Waals surface area contributed by atoms with Crippen LogP contribution in [0.5, 0.6) is 11.5 Å². The summed E-state index contributed by atoms with van der Waals surface area (Å²) in [4.78, 5) is 15.1. The predicted molar refractivity (Wildman–Crippen MR) is 148 cm³/mol. The van der Waals surface area contributed by atoms with E-state index in [1.54, 1.807) is 0 Å². The van der Waals surface area contributed by atoms with Crippen LogP contribution in [-0.2, 0) is 19.7 Å². The Labute approximate surface area is 223 Å². The van der Waals surface area contributed by atoms with E-state index in [1.807, 2.05) is 51.3 Å². The Morgan fingerprint density at radius 3 is 2.03 bits per heavy atom. The third-order valence-electron chi connectivity index (χ3n) is 6.85. The van der Waals surface area contributed by atoms with E-state index in [4.69, 9.17) is 18.9 Å². The van der Waals surface area contributed by atoms with Crippen LogP contribution in [0.25, 0.3) is 5.57 Å². The molecule has 196 valence electrons. The highest BCUT2D eigenvalue weighted by Crippen LogP contribution is 2.55. The lowest BCUT2D eigenvalue weighted by Gasteiger charge is -2.34. The maximum Gasteiger partial charge on any atom is 0.293 e. The van der Waals surface area contributed by atoms with Gasteiger partial charge in [0.2, 0.25) is 0 Å². The van der Waals surface area contributed by atoms with Crippen LogP contribution in [0, 0.1) is 0 Å². The minimum absolute atomic E-state index is 0.187. The minimum Gasteiger partial charge on any atom is -0.491 e. The third-order valence-corrected chi connectivity index (χ3v) is 6.85. The monoisotopic (exact) mass is 511 g/mol. The molecule has 1 aliphatic heterocycles. The van der Waals surface area contributed by atoms with Crippen molar-refractivity contribution in [2.75, 3.05) is 33.0 Å². The lowest BCUT2D eigenvalue weighted by atomic mass is 9.67. The number of benzene rings is 3. The molecule has 0 radical (unpaired) electrons. The van der Waals surface area contributed by atoms with Gasteiger partial charge in [0.1, 0.15) is 31.3 Å². The lowest BCUT2D eigenvalue weighted by Crippen LogP contribution is -2.30. The quantitative estimate of drug-likeness (QED) is 0.247. The van der Waals surface area contributed by atoms with Gasteiger partial charge in [-0.1, -0.05) is 48.5 Å². The molecule has 1 unspecified atom stereocenters. The smallest absolute Gasteiger partial charge is 0.293 e. The number of carbonyl (C=O) groups is 1. The number of fused-ring (bicyclic) bond motifs is 2. The van der Waals surface area contributed by atoms with Gasteiger partial charge in [0, 0.05) is 6.21 Å². The first-order chi connectivity index (χ1) is 18.4. The van der Waals surface area contributed by atoms with Crippen LogP contribution in [0.2, 0.25) is 0 Å². The van der Waals surface area contributed by atoms with Crippen molar-refractivity contribution < 1.29 is 23.7 Å². The molecular formula is C32H33NO5. The molecule has 3 aromatic rings. The Bertz CT molecular complexity index is 1340. The third kappa shape index (κ3) is 4.96. The van der Waals surface area contributed by atoms with Gasteiger partial charge < -0.3 is 18.9 Å². The van der Waals surface area contributed by atoms with Crippen LogP contribution in [0.1, 0.15) is 43.0 Å². The highest BCUT2D eigenvalue weighted by molar-refractivity contribution is 6.05. The fourth-order valence-electron chi connectivity index (χ4n) is 5.32. The SMILES string of the molecule is CC(C)(C)OCCOc1ccc(C2(c3ccc(OCCOC=O)cc3)C3=C(CN=C3)c3ccccc32)cc1. The maximum atomic E-state index is 10.4. The van der Waals surface area contributed by atoms with Gasteiger partial charge in [0.25, 0.3) is 6.47 Å². The van der Waals surface area contributed by atoms with Crippen molar-refractivity contribution in [2.45, 2.75) is 31.8 Å². The number of allylic oxidation sites excluding steroid dienone is 1. The highest BCUT2D eigenvalue weighted by Gasteiger charge is 2.48. The molecule has 5 rings (SSSR count). The van der Waals surface area contributed by atoms with Crippen molar-refractivity contribution in [3.63, 3.8) is 0 Å². The minimum atomic E-state index is -0.501. The molecule has 1 atom stereocenters. The molecule has 0 aromatic heterocycles. The van der Waals surface area contributed by atoms with E-state index in [-0.39, 0.29) is 12.2 Å². The molecule has 6 nitrogen and oxygen atoms in total. The molecule has 1 heterocycles. The molecule has 0 N–H and O–H groups in total. The number of nitrogens with zero attached hydrogens (tertiary/aromatic N) is 1. The largest absolute Gasteiger partial charge is 0.491 e. The average Bonchev–Trinajstić information content (AvgIpc) is 3.50. The van der Waals surface area contributed by atoms with E-state index in [0.717, 1.165) is 22.6 Å². The Morgan fingerprint density at radius 2 is 1.42 bits per heavy atom. The van der Waals surface area contributed by atoms with E-state index in [1.165, 1.54) is 22.3 Å². The van der Waals surface area contributed by atoms with Crippen molar-refractivity contribution in [3.8, 4) is 11.5 Å². The first-order valence-corrected chi connectivity index (χ1v) is 12.9. The Morgan fingerprint density at radius 1 is 0.816 bits per heavy atom. The van der Waals surface area contributed by atoms with Crippen LogP contribution >= 0.6 is 0 Å². The zero-order valence-corrected chi connectivity index (χ0v) is 22.1. The van der Waals surface area contributed by atoms with Gasteiger partial charge in [-0.3, -0.25) is 9.79 Å². The normalized spacial score (nSPS) is 17.8. The number of rotatable bonds is 11. The number of carbonyl (C=O) groups excluding carboxylic acids is 1. The molecule has 2 aliphatic rings. The van der Waals surface area contributed by atoms with Crippen LogP contribution in [0.3, 0.4) is 0 Å². The van der Waals surface area contributed by atoms with Gasteiger partial charge in [-0.25, -0.2) is 0 Å². The van der Waals surface area contributed by atoms with Crippen molar-refractivity contribution in [1.82, 2.24) is 0 Å². The predicted octanol–water partition coefficient (Wildman–Crippen LogP) is 5.62. The van der Waals surface area contributed by atoms with E-state index >= 15 is 0 Å². The maximum absolute atomic E-state index is 10.4. The van der Waals surface area contributed by atoms with Crippen LogP contribution in [0.15, 0.2) is 83.4 Å². The van der Waals surface area contributed by atoms with E-state index in [9.17, 15) is 4.79 Å². The molecule has 0 saturated heterocycles.